The van der Waals surface area contributed by atoms with Gasteiger partial charge in [-0.15, -0.1) is 0 Å². The molecule has 1 N–H and O–H groups in total. The van der Waals surface area contributed by atoms with Gasteiger partial charge < -0.3 is 15.0 Å². The predicted octanol–water partition coefficient (Wildman–Crippen LogP) is 2.70. The average molecular weight is 332 g/mol. The van der Waals surface area contributed by atoms with Gasteiger partial charge in [0.1, 0.15) is 0 Å². The van der Waals surface area contributed by atoms with Gasteiger partial charge in [0, 0.05) is 32.2 Å². The summed E-state index contributed by atoms with van der Waals surface area (Å²) in [6.45, 7) is 7.41. The number of ether oxygens (including phenoxy) is 1. The van der Waals surface area contributed by atoms with Crippen molar-refractivity contribution in [3.05, 3.63) is 29.8 Å². The summed E-state index contributed by atoms with van der Waals surface area (Å²) in [7, 11) is 1.68. The van der Waals surface area contributed by atoms with Crippen LogP contribution in [-0.4, -0.2) is 38.1 Å². The maximum absolute atomic E-state index is 11.6. The van der Waals surface area contributed by atoms with Gasteiger partial charge in [0.2, 0.25) is 5.91 Å². The second-order valence-electron chi connectivity index (χ2n) is 6.79. The number of amides is 1. The minimum absolute atomic E-state index is 0.0535. The lowest BCUT2D eigenvalue weighted by molar-refractivity contribution is -0.147. The molecule has 0 radical (unpaired) electrons. The minimum Gasteiger partial charge on any atom is -0.463 e. The number of hydrogen-bond donors (Lipinski definition) is 1. The Bertz CT molecular complexity index is 562. The molecule has 1 saturated heterocycles. The van der Waals surface area contributed by atoms with E-state index >= 15 is 0 Å². The van der Waals surface area contributed by atoms with Gasteiger partial charge in [-0.3, -0.25) is 9.59 Å². The number of nitrogens with one attached hydrogen (secondary N) is 1. The predicted molar refractivity (Wildman–Crippen MR) is 95.1 cm³/mol. The lowest BCUT2D eigenvalue weighted by atomic mass is 9.94. The number of carbonyl (C=O) groups is 2. The van der Waals surface area contributed by atoms with Gasteiger partial charge in [-0.25, -0.2) is 0 Å². The van der Waals surface area contributed by atoms with E-state index in [9.17, 15) is 9.59 Å². The first-order valence-corrected chi connectivity index (χ1v) is 8.66. The molecule has 24 heavy (non-hydrogen) atoms. The molecule has 1 unspecified atom stereocenters. The third-order valence-electron chi connectivity index (χ3n) is 4.47. The minimum atomic E-state index is -0.130. The van der Waals surface area contributed by atoms with E-state index < -0.39 is 0 Å². The molecule has 1 heterocycles. The van der Waals surface area contributed by atoms with Crippen molar-refractivity contribution in [2.75, 3.05) is 25.0 Å². The summed E-state index contributed by atoms with van der Waals surface area (Å²) in [5, 5.41) is 2.69. The van der Waals surface area contributed by atoms with Crippen LogP contribution in [0.3, 0.4) is 0 Å². The SMILES string of the molecule is CNC(=O)C1CN(c2ccc(C(C)CCC(=O)OC(C)C)cc2)C1. The Hall–Kier alpha value is -2.04. The van der Waals surface area contributed by atoms with Crippen LogP contribution in [-0.2, 0) is 14.3 Å². The molecule has 5 heteroatoms. The molecule has 2 rings (SSSR count). The highest BCUT2D eigenvalue weighted by molar-refractivity contribution is 5.81. The monoisotopic (exact) mass is 332 g/mol. The van der Waals surface area contributed by atoms with Crippen molar-refractivity contribution in [2.24, 2.45) is 5.92 Å². The van der Waals surface area contributed by atoms with Crippen LogP contribution in [0.2, 0.25) is 0 Å². The summed E-state index contributed by atoms with van der Waals surface area (Å²) in [4.78, 5) is 25.4. The summed E-state index contributed by atoms with van der Waals surface area (Å²) in [5.74, 6) is 0.397. The van der Waals surface area contributed by atoms with Crippen LogP contribution in [0, 0.1) is 5.92 Å². The maximum Gasteiger partial charge on any atom is 0.306 e. The quantitative estimate of drug-likeness (QED) is 0.780. The Balaban J connectivity index is 1.81. The normalized spacial score (nSPS) is 15.8. The number of carbonyl (C=O) groups excluding carboxylic acids is 2. The van der Waals surface area contributed by atoms with Gasteiger partial charge >= 0.3 is 5.97 Å². The van der Waals surface area contributed by atoms with Crippen LogP contribution >= 0.6 is 0 Å². The fraction of sp³-hybridized carbons (Fsp3) is 0.579. The highest BCUT2D eigenvalue weighted by Gasteiger charge is 2.32. The Morgan fingerprint density at radius 2 is 1.83 bits per heavy atom. The number of hydrogen-bond acceptors (Lipinski definition) is 4. The van der Waals surface area contributed by atoms with E-state index in [1.54, 1.807) is 7.05 Å². The van der Waals surface area contributed by atoms with E-state index in [1.165, 1.54) is 5.56 Å². The first-order valence-electron chi connectivity index (χ1n) is 8.66. The third kappa shape index (κ3) is 4.73. The first-order chi connectivity index (χ1) is 11.4. The Morgan fingerprint density at radius 1 is 1.21 bits per heavy atom. The summed E-state index contributed by atoms with van der Waals surface area (Å²) < 4.78 is 5.17. The zero-order valence-corrected chi connectivity index (χ0v) is 15.0. The fourth-order valence-corrected chi connectivity index (χ4v) is 2.90. The molecule has 1 aliphatic rings. The molecule has 1 aromatic rings. The van der Waals surface area contributed by atoms with Crippen LogP contribution < -0.4 is 10.2 Å². The number of nitrogens with zero attached hydrogens (tertiary/aromatic N) is 1. The molecule has 0 aliphatic carbocycles. The van der Waals surface area contributed by atoms with Crippen molar-refractivity contribution in [1.82, 2.24) is 5.32 Å². The van der Waals surface area contributed by atoms with Gasteiger partial charge in [0.05, 0.1) is 12.0 Å². The van der Waals surface area contributed by atoms with Crippen molar-refractivity contribution >= 4 is 17.6 Å². The van der Waals surface area contributed by atoms with Crippen molar-refractivity contribution in [3.63, 3.8) is 0 Å². The summed E-state index contributed by atoms with van der Waals surface area (Å²) in [5.41, 5.74) is 2.37. The topological polar surface area (TPSA) is 58.6 Å². The molecule has 1 aliphatic heterocycles. The van der Waals surface area contributed by atoms with E-state index in [0.717, 1.165) is 25.2 Å². The third-order valence-corrected chi connectivity index (χ3v) is 4.47. The summed E-state index contributed by atoms with van der Waals surface area (Å²) >= 11 is 0. The van der Waals surface area contributed by atoms with Crippen LogP contribution in [0.15, 0.2) is 24.3 Å². The van der Waals surface area contributed by atoms with Gasteiger partial charge in [0.25, 0.3) is 0 Å². The molecule has 1 amide bonds. The van der Waals surface area contributed by atoms with Crippen LogP contribution in [0.25, 0.3) is 0 Å². The van der Waals surface area contributed by atoms with Crippen molar-refractivity contribution < 1.29 is 14.3 Å². The lowest BCUT2D eigenvalue weighted by Gasteiger charge is -2.40. The largest absolute Gasteiger partial charge is 0.463 e. The smallest absolute Gasteiger partial charge is 0.306 e. The van der Waals surface area contributed by atoms with Crippen LogP contribution in [0.1, 0.15) is 45.1 Å². The molecule has 0 aromatic heterocycles. The fourth-order valence-electron chi connectivity index (χ4n) is 2.90. The molecule has 0 spiro atoms. The van der Waals surface area contributed by atoms with E-state index in [-0.39, 0.29) is 23.9 Å². The molecular weight excluding hydrogens is 304 g/mol. The number of anilines is 1. The van der Waals surface area contributed by atoms with Gasteiger partial charge in [0.15, 0.2) is 0 Å². The second kappa shape index (κ2) is 8.18. The van der Waals surface area contributed by atoms with Crippen LogP contribution in [0.5, 0.6) is 0 Å². The summed E-state index contributed by atoms with van der Waals surface area (Å²) in [6, 6.07) is 8.42. The highest BCUT2D eigenvalue weighted by Crippen LogP contribution is 2.28. The first kappa shape index (κ1) is 18.3. The second-order valence-corrected chi connectivity index (χ2v) is 6.79. The van der Waals surface area contributed by atoms with Crippen molar-refractivity contribution in [2.45, 2.75) is 45.6 Å². The number of rotatable bonds is 7. The van der Waals surface area contributed by atoms with Crippen molar-refractivity contribution in [1.29, 1.82) is 0 Å². The summed E-state index contributed by atoms with van der Waals surface area (Å²) in [6.07, 6.45) is 1.18. The molecule has 1 fully saturated rings. The molecule has 5 nitrogen and oxygen atoms in total. The molecule has 0 bridgehead atoms. The van der Waals surface area contributed by atoms with E-state index in [4.69, 9.17) is 4.74 Å². The van der Waals surface area contributed by atoms with E-state index in [2.05, 4.69) is 41.4 Å². The van der Waals surface area contributed by atoms with Crippen LogP contribution in [0.4, 0.5) is 5.69 Å². The Labute approximate surface area is 144 Å². The molecule has 0 saturated carbocycles. The van der Waals surface area contributed by atoms with Crippen molar-refractivity contribution in [3.8, 4) is 0 Å². The van der Waals surface area contributed by atoms with E-state index in [1.807, 2.05) is 13.8 Å². The maximum atomic E-state index is 11.6. The molecule has 1 aromatic carbocycles. The zero-order valence-electron chi connectivity index (χ0n) is 15.0. The van der Waals surface area contributed by atoms with E-state index in [0.29, 0.717) is 12.3 Å². The van der Waals surface area contributed by atoms with Gasteiger partial charge in [-0.1, -0.05) is 19.1 Å². The molecular formula is C19H28N2O3. The van der Waals surface area contributed by atoms with Gasteiger partial charge in [-0.2, -0.15) is 0 Å². The lowest BCUT2D eigenvalue weighted by Crippen LogP contribution is -2.53. The average Bonchev–Trinajstić information content (AvgIpc) is 2.51. The Kier molecular flexibility index (Phi) is 6.23. The molecule has 1 atom stereocenters. The highest BCUT2D eigenvalue weighted by atomic mass is 16.5. The van der Waals surface area contributed by atoms with Gasteiger partial charge in [-0.05, 0) is 43.9 Å². The Morgan fingerprint density at radius 3 is 2.38 bits per heavy atom. The standard InChI is InChI=1S/C19H28N2O3/c1-13(2)24-18(22)10-5-14(3)15-6-8-17(9-7-15)21-11-16(12-21)19(23)20-4/h6-9,13-14,16H,5,10-12H2,1-4H3,(H,20,23). The number of benzene rings is 1. The number of esters is 1. The zero-order chi connectivity index (χ0) is 17.7. The molecule has 132 valence electrons.